The average Bonchev–Trinajstić information content (AvgIpc) is 2.58. The molecule has 5 nitrogen and oxygen atoms in total. The zero-order chi connectivity index (χ0) is 18.2. The quantitative estimate of drug-likeness (QED) is 0.647. The van der Waals surface area contributed by atoms with Crippen molar-refractivity contribution in [3.05, 3.63) is 66.0 Å². The van der Waals surface area contributed by atoms with Crippen molar-refractivity contribution in [2.75, 3.05) is 30.9 Å². The molecule has 1 amide bonds. The molecule has 0 unspecified atom stereocenters. The van der Waals surface area contributed by atoms with Crippen molar-refractivity contribution in [3.63, 3.8) is 0 Å². The van der Waals surface area contributed by atoms with Crippen LogP contribution in [-0.2, 0) is 14.3 Å². The number of rotatable bonds is 6. The summed E-state index contributed by atoms with van der Waals surface area (Å²) >= 11 is 0. The maximum absolute atomic E-state index is 13.0. The van der Waals surface area contributed by atoms with Gasteiger partial charge in [-0.15, -0.1) is 0 Å². The van der Waals surface area contributed by atoms with Gasteiger partial charge in [-0.05, 0) is 48.0 Å². The van der Waals surface area contributed by atoms with Crippen molar-refractivity contribution in [1.82, 2.24) is 0 Å². The minimum absolute atomic E-state index is 0.393. The van der Waals surface area contributed by atoms with Crippen LogP contribution in [0.5, 0.6) is 0 Å². The smallest absolute Gasteiger partial charge is 0.331 e. The van der Waals surface area contributed by atoms with Crippen molar-refractivity contribution in [1.29, 1.82) is 0 Å². The number of halogens is 1. The van der Waals surface area contributed by atoms with Gasteiger partial charge in [-0.3, -0.25) is 4.79 Å². The Morgan fingerprint density at radius 1 is 1.16 bits per heavy atom. The van der Waals surface area contributed by atoms with Crippen molar-refractivity contribution in [3.8, 4) is 0 Å². The predicted molar refractivity (Wildman–Crippen MR) is 95.8 cm³/mol. The van der Waals surface area contributed by atoms with Gasteiger partial charge in [0.15, 0.2) is 6.61 Å². The van der Waals surface area contributed by atoms with Crippen molar-refractivity contribution < 1.29 is 18.7 Å². The number of carbonyl (C=O) groups excluding carboxylic acids is 2. The van der Waals surface area contributed by atoms with E-state index in [-0.39, 0.29) is 0 Å². The number of amides is 1. The fourth-order valence-electron chi connectivity index (χ4n) is 2.00. The normalized spacial score (nSPS) is 10.5. The Kier molecular flexibility index (Phi) is 6.28. The van der Waals surface area contributed by atoms with E-state index >= 15 is 0 Å². The molecule has 0 aliphatic carbocycles. The molecule has 130 valence electrons. The van der Waals surface area contributed by atoms with Gasteiger partial charge in [-0.25, -0.2) is 9.18 Å². The Hall–Kier alpha value is -3.15. The first-order valence-corrected chi connectivity index (χ1v) is 7.62. The summed E-state index contributed by atoms with van der Waals surface area (Å²) in [5.74, 6) is -1.51. The zero-order valence-electron chi connectivity index (χ0n) is 14.0. The Balaban J connectivity index is 1.80. The lowest BCUT2D eigenvalue weighted by molar-refractivity contribution is -0.142. The van der Waals surface area contributed by atoms with E-state index in [1.807, 2.05) is 31.1 Å². The van der Waals surface area contributed by atoms with Crippen LogP contribution >= 0.6 is 0 Å². The van der Waals surface area contributed by atoms with Gasteiger partial charge >= 0.3 is 5.97 Å². The lowest BCUT2D eigenvalue weighted by atomic mass is 10.2. The third kappa shape index (κ3) is 6.10. The van der Waals surface area contributed by atoms with Gasteiger partial charge in [0.25, 0.3) is 5.91 Å². The van der Waals surface area contributed by atoms with Crippen molar-refractivity contribution in [2.24, 2.45) is 0 Å². The molecule has 0 aromatic heterocycles. The van der Waals surface area contributed by atoms with Crippen LogP contribution in [0.2, 0.25) is 0 Å². The summed E-state index contributed by atoms with van der Waals surface area (Å²) in [6.45, 7) is -0.401. The third-order valence-electron chi connectivity index (χ3n) is 3.27. The van der Waals surface area contributed by atoms with Gasteiger partial charge in [0.2, 0.25) is 0 Å². The fourth-order valence-corrected chi connectivity index (χ4v) is 2.00. The van der Waals surface area contributed by atoms with Crippen LogP contribution in [0.3, 0.4) is 0 Å². The first-order valence-electron chi connectivity index (χ1n) is 7.62. The number of hydrogen-bond donors (Lipinski definition) is 1. The molecule has 2 rings (SSSR count). The van der Waals surface area contributed by atoms with E-state index in [2.05, 4.69) is 5.32 Å². The van der Waals surface area contributed by atoms with Gasteiger partial charge in [-0.1, -0.05) is 12.1 Å². The van der Waals surface area contributed by atoms with Gasteiger partial charge in [0, 0.05) is 31.5 Å². The lowest BCUT2D eigenvalue weighted by Gasteiger charge is -2.13. The first-order chi connectivity index (χ1) is 11.9. The van der Waals surface area contributed by atoms with Crippen LogP contribution in [0.1, 0.15) is 5.56 Å². The van der Waals surface area contributed by atoms with E-state index in [0.29, 0.717) is 11.3 Å². The molecule has 2 aromatic rings. The number of anilines is 2. The molecule has 25 heavy (non-hydrogen) atoms. The Bertz CT molecular complexity index is 770. The molecule has 0 bridgehead atoms. The fraction of sp³-hybridized carbons (Fsp3) is 0.158. The monoisotopic (exact) mass is 342 g/mol. The summed E-state index contributed by atoms with van der Waals surface area (Å²) in [5, 5.41) is 2.64. The lowest BCUT2D eigenvalue weighted by Crippen LogP contribution is -2.20. The van der Waals surface area contributed by atoms with E-state index in [4.69, 9.17) is 4.74 Å². The van der Waals surface area contributed by atoms with Crippen molar-refractivity contribution >= 4 is 29.3 Å². The standard InChI is InChI=1S/C19H19FN2O3/c1-22(2)17-9-7-16(8-10-17)21-18(23)13-25-19(24)11-6-14-4-3-5-15(20)12-14/h3-12H,13H2,1-2H3,(H,21,23)/b11-6+. The molecule has 0 heterocycles. The van der Waals surface area contributed by atoms with Crippen LogP contribution in [0.15, 0.2) is 54.6 Å². The summed E-state index contributed by atoms with van der Waals surface area (Å²) < 4.78 is 17.9. The summed E-state index contributed by atoms with van der Waals surface area (Å²) in [5.41, 5.74) is 2.15. The SMILES string of the molecule is CN(C)c1ccc(NC(=O)COC(=O)/C=C/c2cccc(F)c2)cc1. The van der Waals surface area contributed by atoms with Crippen molar-refractivity contribution in [2.45, 2.75) is 0 Å². The molecular formula is C19H19FN2O3. The van der Waals surface area contributed by atoms with E-state index in [0.717, 1.165) is 11.8 Å². The molecule has 0 radical (unpaired) electrons. The second kappa shape index (κ2) is 8.63. The third-order valence-corrected chi connectivity index (χ3v) is 3.27. The van der Waals surface area contributed by atoms with E-state index in [9.17, 15) is 14.0 Å². The molecule has 1 N–H and O–H groups in total. The van der Waals surface area contributed by atoms with Gasteiger partial charge < -0.3 is 15.0 Å². The summed E-state index contributed by atoms with van der Waals surface area (Å²) in [7, 11) is 3.84. The highest BCUT2D eigenvalue weighted by atomic mass is 19.1. The van der Waals surface area contributed by atoms with Crippen LogP contribution in [-0.4, -0.2) is 32.6 Å². The van der Waals surface area contributed by atoms with E-state index < -0.39 is 24.3 Å². The molecule has 0 saturated carbocycles. The topological polar surface area (TPSA) is 58.6 Å². The Morgan fingerprint density at radius 2 is 1.88 bits per heavy atom. The highest BCUT2D eigenvalue weighted by molar-refractivity contribution is 5.94. The molecule has 0 aliphatic heterocycles. The number of carbonyl (C=O) groups is 2. The van der Waals surface area contributed by atoms with Crippen LogP contribution in [0.25, 0.3) is 6.08 Å². The molecule has 0 atom stereocenters. The maximum Gasteiger partial charge on any atom is 0.331 e. The van der Waals surface area contributed by atoms with Crippen LogP contribution in [0, 0.1) is 5.82 Å². The second-order valence-electron chi connectivity index (χ2n) is 5.49. The molecule has 0 aliphatic rings. The summed E-state index contributed by atoms with van der Waals surface area (Å²) in [6, 6.07) is 13.0. The highest BCUT2D eigenvalue weighted by Crippen LogP contribution is 2.15. The number of nitrogens with zero attached hydrogens (tertiary/aromatic N) is 1. The largest absolute Gasteiger partial charge is 0.452 e. The highest BCUT2D eigenvalue weighted by Gasteiger charge is 2.06. The van der Waals surface area contributed by atoms with Gasteiger partial charge in [0.05, 0.1) is 0 Å². The zero-order valence-corrected chi connectivity index (χ0v) is 14.0. The van der Waals surface area contributed by atoms with E-state index in [1.54, 1.807) is 18.2 Å². The molecule has 6 heteroatoms. The average molecular weight is 342 g/mol. The second-order valence-corrected chi connectivity index (χ2v) is 5.49. The summed E-state index contributed by atoms with van der Waals surface area (Å²) in [4.78, 5) is 25.3. The minimum atomic E-state index is -0.678. The molecule has 2 aromatic carbocycles. The Labute approximate surface area is 145 Å². The summed E-state index contributed by atoms with van der Waals surface area (Å²) in [6.07, 6.45) is 2.57. The van der Waals surface area contributed by atoms with Crippen LogP contribution in [0.4, 0.5) is 15.8 Å². The van der Waals surface area contributed by atoms with Crippen LogP contribution < -0.4 is 10.2 Å². The number of nitrogens with one attached hydrogen (secondary N) is 1. The number of ether oxygens (including phenoxy) is 1. The van der Waals surface area contributed by atoms with Gasteiger partial charge in [-0.2, -0.15) is 0 Å². The maximum atomic E-state index is 13.0. The van der Waals surface area contributed by atoms with E-state index in [1.165, 1.54) is 24.3 Å². The van der Waals surface area contributed by atoms with Gasteiger partial charge in [0.1, 0.15) is 5.82 Å². The number of benzene rings is 2. The molecular weight excluding hydrogens is 323 g/mol. The first kappa shape index (κ1) is 18.2. The molecule has 0 saturated heterocycles. The Morgan fingerprint density at radius 3 is 2.52 bits per heavy atom. The number of esters is 1. The molecule has 0 spiro atoms. The predicted octanol–water partition coefficient (Wildman–Crippen LogP) is 3.09. The molecule has 0 fully saturated rings. The minimum Gasteiger partial charge on any atom is -0.452 e. The number of hydrogen-bond acceptors (Lipinski definition) is 4.